The van der Waals surface area contributed by atoms with Crippen molar-refractivity contribution in [1.29, 1.82) is 0 Å². The van der Waals surface area contributed by atoms with E-state index >= 15 is 0 Å². The lowest BCUT2D eigenvalue weighted by molar-refractivity contribution is 0.490. The van der Waals surface area contributed by atoms with Gasteiger partial charge in [0.1, 0.15) is 5.82 Å². The first-order chi connectivity index (χ1) is 9.49. The Labute approximate surface area is 116 Å². The number of nitrogens with one attached hydrogen (secondary N) is 1. The van der Waals surface area contributed by atoms with E-state index in [1.165, 1.54) is 0 Å². The molecule has 0 bridgehead atoms. The minimum Gasteiger partial charge on any atom is -0.381 e. The summed E-state index contributed by atoms with van der Waals surface area (Å²) in [5, 5.41) is 3.07. The summed E-state index contributed by atoms with van der Waals surface area (Å²) < 4.78 is 39.5. The maximum atomic E-state index is 13.5. The molecule has 0 aliphatic carbocycles. The maximum Gasteiger partial charge on any atom is 0.161 e. The molecule has 4 heteroatoms. The largest absolute Gasteiger partial charge is 0.381 e. The van der Waals surface area contributed by atoms with Crippen LogP contribution in [0.2, 0.25) is 0 Å². The van der Waals surface area contributed by atoms with Gasteiger partial charge < -0.3 is 5.32 Å². The third-order valence-corrected chi connectivity index (χ3v) is 3.14. The monoisotopic (exact) mass is 279 g/mol. The van der Waals surface area contributed by atoms with E-state index in [-0.39, 0.29) is 12.1 Å². The van der Waals surface area contributed by atoms with Crippen LogP contribution in [0.3, 0.4) is 0 Å². The van der Waals surface area contributed by atoms with Crippen LogP contribution in [-0.4, -0.2) is 0 Å². The molecule has 0 radical (unpaired) electrons. The summed E-state index contributed by atoms with van der Waals surface area (Å²) in [6.45, 7) is 4.21. The maximum absolute atomic E-state index is 13.5. The quantitative estimate of drug-likeness (QED) is 0.790. The van der Waals surface area contributed by atoms with Gasteiger partial charge in [-0.2, -0.15) is 0 Å². The van der Waals surface area contributed by atoms with E-state index in [4.69, 9.17) is 0 Å². The molecule has 20 heavy (non-hydrogen) atoms. The molecule has 2 aromatic carbocycles. The minimum atomic E-state index is -1.17. The Morgan fingerprint density at radius 3 is 2.30 bits per heavy atom. The lowest BCUT2D eigenvalue weighted by atomic mass is 10.0. The molecule has 0 saturated carbocycles. The number of hydrogen-bond acceptors (Lipinski definition) is 1. The zero-order valence-electron chi connectivity index (χ0n) is 11.4. The predicted molar refractivity (Wildman–Crippen MR) is 74.2 cm³/mol. The molecule has 0 aliphatic rings. The van der Waals surface area contributed by atoms with Crippen molar-refractivity contribution >= 4 is 5.69 Å². The number of para-hydroxylation sites is 1. The fourth-order valence-electron chi connectivity index (χ4n) is 2.05. The predicted octanol–water partition coefficient (Wildman–Crippen LogP) is 4.84. The van der Waals surface area contributed by atoms with Crippen LogP contribution in [0.5, 0.6) is 0 Å². The summed E-state index contributed by atoms with van der Waals surface area (Å²) in [5.41, 5.74) is 2.06. The minimum absolute atomic E-state index is 0.0995. The molecular weight excluding hydrogens is 263 g/mol. The lowest BCUT2D eigenvalue weighted by Gasteiger charge is -2.15. The third-order valence-electron chi connectivity index (χ3n) is 3.14. The second-order valence-electron chi connectivity index (χ2n) is 4.95. The fraction of sp³-hybridized carbons (Fsp3) is 0.250. The van der Waals surface area contributed by atoms with E-state index in [0.717, 1.165) is 17.3 Å². The summed E-state index contributed by atoms with van der Waals surface area (Å²) in [5.74, 6) is -2.65. The van der Waals surface area contributed by atoms with Crippen LogP contribution in [0.15, 0.2) is 36.4 Å². The third kappa shape index (κ3) is 3.13. The van der Waals surface area contributed by atoms with Gasteiger partial charge in [0.25, 0.3) is 0 Å². The molecule has 1 nitrogen and oxygen atoms in total. The Kier molecular flexibility index (Phi) is 4.32. The first-order valence-corrected chi connectivity index (χ1v) is 6.45. The first kappa shape index (κ1) is 14.4. The molecule has 0 spiro atoms. The second kappa shape index (κ2) is 5.99. The van der Waals surface area contributed by atoms with Crippen LogP contribution in [0.1, 0.15) is 30.9 Å². The van der Waals surface area contributed by atoms with E-state index in [1.807, 2.05) is 24.3 Å². The highest BCUT2D eigenvalue weighted by Gasteiger charge is 2.11. The average molecular weight is 279 g/mol. The van der Waals surface area contributed by atoms with Gasteiger partial charge in [0.05, 0.1) is 0 Å². The van der Waals surface area contributed by atoms with Gasteiger partial charge >= 0.3 is 0 Å². The molecule has 0 atom stereocenters. The molecule has 2 aromatic rings. The topological polar surface area (TPSA) is 12.0 Å². The Morgan fingerprint density at radius 1 is 0.950 bits per heavy atom. The molecule has 2 rings (SSSR count). The zero-order chi connectivity index (χ0) is 14.7. The van der Waals surface area contributed by atoms with Crippen molar-refractivity contribution in [3.05, 3.63) is 65.0 Å². The van der Waals surface area contributed by atoms with Crippen LogP contribution in [0.25, 0.3) is 0 Å². The van der Waals surface area contributed by atoms with Crippen LogP contribution in [0.4, 0.5) is 18.9 Å². The molecule has 1 N–H and O–H groups in total. The molecule has 106 valence electrons. The van der Waals surface area contributed by atoms with Crippen LogP contribution >= 0.6 is 0 Å². The van der Waals surface area contributed by atoms with Gasteiger partial charge in [-0.25, -0.2) is 13.2 Å². The van der Waals surface area contributed by atoms with Crippen molar-refractivity contribution in [3.8, 4) is 0 Å². The fourth-order valence-corrected chi connectivity index (χ4v) is 2.05. The molecule has 0 fully saturated rings. The molecular formula is C16H16F3N. The first-order valence-electron chi connectivity index (χ1n) is 6.45. The zero-order valence-corrected chi connectivity index (χ0v) is 11.4. The van der Waals surface area contributed by atoms with Crippen molar-refractivity contribution in [2.24, 2.45) is 0 Å². The number of halogens is 3. The van der Waals surface area contributed by atoms with Gasteiger partial charge in [0, 0.05) is 23.9 Å². The van der Waals surface area contributed by atoms with Gasteiger partial charge in [-0.15, -0.1) is 0 Å². The van der Waals surface area contributed by atoms with E-state index in [2.05, 4.69) is 19.2 Å². The summed E-state index contributed by atoms with van der Waals surface area (Å²) in [4.78, 5) is 0. The Balaban J connectivity index is 2.19. The molecule has 0 saturated heterocycles. The summed E-state index contributed by atoms with van der Waals surface area (Å²) in [7, 11) is 0. The Bertz CT molecular complexity index is 609. The van der Waals surface area contributed by atoms with Gasteiger partial charge in [-0.3, -0.25) is 0 Å². The van der Waals surface area contributed by atoms with Crippen molar-refractivity contribution < 1.29 is 13.2 Å². The highest BCUT2D eigenvalue weighted by Crippen LogP contribution is 2.24. The van der Waals surface area contributed by atoms with Crippen LogP contribution in [-0.2, 0) is 6.54 Å². The number of benzene rings is 2. The van der Waals surface area contributed by atoms with Gasteiger partial charge in [-0.05, 0) is 23.6 Å². The molecule has 0 aromatic heterocycles. The highest BCUT2D eigenvalue weighted by molar-refractivity contribution is 5.52. The van der Waals surface area contributed by atoms with Gasteiger partial charge in [0.15, 0.2) is 11.6 Å². The van der Waals surface area contributed by atoms with Crippen molar-refractivity contribution in [1.82, 2.24) is 0 Å². The Hall–Kier alpha value is -1.97. The average Bonchev–Trinajstić information content (AvgIpc) is 2.41. The highest BCUT2D eigenvalue weighted by atomic mass is 19.2. The smallest absolute Gasteiger partial charge is 0.161 e. The van der Waals surface area contributed by atoms with Crippen LogP contribution in [0, 0.1) is 17.5 Å². The molecule has 0 heterocycles. The summed E-state index contributed by atoms with van der Waals surface area (Å²) >= 11 is 0. The standard InChI is InChI=1S/C16H16F3N/c1-10(2)12-5-3-4-6-16(12)20-9-11-7-14(18)15(19)8-13(11)17/h3-8,10,20H,9H2,1-2H3. The number of anilines is 1. The lowest BCUT2D eigenvalue weighted by Crippen LogP contribution is -2.06. The normalized spacial score (nSPS) is 10.9. The Morgan fingerprint density at radius 2 is 1.60 bits per heavy atom. The molecule has 0 aliphatic heterocycles. The summed E-state index contributed by atoms with van der Waals surface area (Å²) in [6, 6.07) is 9.12. The van der Waals surface area contributed by atoms with Gasteiger partial charge in [0.2, 0.25) is 0 Å². The van der Waals surface area contributed by atoms with E-state index in [0.29, 0.717) is 12.0 Å². The second-order valence-corrected chi connectivity index (χ2v) is 4.95. The van der Waals surface area contributed by atoms with Gasteiger partial charge in [-0.1, -0.05) is 32.0 Å². The summed E-state index contributed by atoms with van der Waals surface area (Å²) in [6.07, 6.45) is 0. The molecule has 0 amide bonds. The van der Waals surface area contributed by atoms with E-state index in [1.54, 1.807) is 0 Å². The van der Waals surface area contributed by atoms with Crippen molar-refractivity contribution in [2.75, 3.05) is 5.32 Å². The number of hydrogen-bond donors (Lipinski definition) is 1. The molecule has 0 unspecified atom stereocenters. The van der Waals surface area contributed by atoms with E-state index < -0.39 is 17.5 Å². The van der Waals surface area contributed by atoms with Crippen molar-refractivity contribution in [3.63, 3.8) is 0 Å². The SMILES string of the molecule is CC(C)c1ccccc1NCc1cc(F)c(F)cc1F. The number of rotatable bonds is 4. The van der Waals surface area contributed by atoms with Crippen LogP contribution < -0.4 is 5.32 Å². The van der Waals surface area contributed by atoms with E-state index in [9.17, 15) is 13.2 Å². The van der Waals surface area contributed by atoms with Crippen molar-refractivity contribution in [2.45, 2.75) is 26.3 Å².